The van der Waals surface area contributed by atoms with Crippen LogP contribution in [0.4, 0.5) is 10.1 Å². The molecule has 2 aromatic carbocycles. The van der Waals surface area contributed by atoms with Gasteiger partial charge in [-0.1, -0.05) is 19.9 Å². The molecule has 0 aliphatic carbocycles. The fourth-order valence-corrected chi connectivity index (χ4v) is 3.77. The average molecular weight is 479 g/mol. The van der Waals surface area contributed by atoms with Gasteiger partial charge in [-0.2, -0.15) is 0 Å². The number of Topliss-reactive ketones (excluding diaryl/α,β-unsaturated/α-hetero) is 2. The first kappa shape index (κ1) is 25.6. The lowest BCUT2D eigenvalue weighted by molar-refractivity contribution is -0.133. The van der Waals surface area contributed by atoms with Crippen molar-refractivity contribution in [1.29, 1.82) is 0 Å². The van der Waals surface area contributed by atoms with Crippen molar-refractivity contribution < 1.29 is 28.2 Å². The molecule has 2 atom stereocenters. The summed E-state index contributed by atoms with van der Waals surface area (Å²) in [6, 6.07) is 13.1. The molecule has 35 heavy (non-hydrogen) atoms. The van der Waals surface area contributed by atoms with E-state index in [1.54, 1.807) is 44.2 Å². The molecule has 0 spiro atoms. The normalized spacial score (nSPS) is 12.5. The van der Waals surface area contributed by atoms with Crippen molar-refractivity contribution in [2.45, 2.75) is 19.8 Å². The van der Waals surface area contributed by atoms with Gasteiger partial charge in [-0.05, 0) is 48.0 Å². The molecule has 0 bridgehead atoms. The van der Waals surface area contributed by atoms with Crippen molar-refractivity contribution in [3.63, 3.8) is 0 Å². The highest BCUT2D eigenvalue weighted by Gasteiger charge is 2.41. The number of carbonyl (C=O) groups is 3. The van der Waals surface area contributed by atoms with Gasteiger partial charge in [0.15, 0.2) is 5.78 Å². The Bertz CT molecular complexity index is 1200. The third-order valence-corrected chi connectivity index (χ3v) is 5.61. The summed E-state index contributed by atoms with van der Waals surface area (Å²) in [6.07, 6.45) is 2.98. The molecular formula is C27H27FN2O5. The number of ketones is 2. The third kappa shape index (κ3) is 5.90. The molecule has 7 nitrogen and oxygen atoms in total. The van der Waals surface area contributed by atoms with Crippen molar-refractivity contribution in [2.75, 3.05) is 19.5 Å². The van der Waals surface area contributed by atoms with E-state index in [0.717, 1.165) is 12.1 Å². The summed E-state index contributed by atoms with van der Waals surface area (Å²) in [5.41, 5.74) is 0.897. The van der Waals surface area contributed by atoms with Gasteiger partial charge in [0.2, 0.25) is 5.91 Å². The van der Waals surface area contributed by atoms with E-state index in [1.165, 1.54) is 38.7 Å². The predicted molar refractivity (Wildman–Crippen MR) is 129 cm³/mol. The maximum Gasteiger partial charge on any atom is 0.236 e. The number of anilines is 1. The third-order valence-electron chi connectivity index (χ3n) is 5.61. The van der Waals surface area contributed by atoms with E-state index in [0.29, 0.717) is 22.7 Å². The topological polar surface area (TPSA) is 94.6 Å². The monoisotopic (exact) mass is 478 g/mol. The largest absolute Gasteiger partial charge is 0.497 e. The quantitative estimate of drug-likeness (QED) is 0.336. The number of ether oxygens (including phenoxy) is 2. The van der Waals surface area contributed by atoms with Crippen LogP contribution in [0.15, 0.2) is 67.0 Å². The Morgan fingerprint density at radius 3 is 2.26 bits per heavy atom. The first-order valence-electron chi connectivity index (χ1n) is 11.0. The van der Waals surface area contributed by atoms with Crippen LogP contribution in [0.5, 0.6) is 11.5 Å². The molecule has 182 valence electrons. The molecular weight excluding hydrogens is 451 g/mol. The number of halogens is 1. The fraction of sp³-hybridized carbons (Fsp3) is 0.259. The van der Waals surface area contributed by atoms with E-state index in [-0.39, 0.29) is 5.56 Å². The summed E-state index contributed by atoms with van der Waals surface area (Å²) in [7, 11) is 2.95. The molecule has 0 saturated carbocycles. The maximum atomic E-state index is 13.7. The molecule has 0 aliphatic heterocycles. The van der Waals surface area contributed by atoms with Crippen LogP contribution in [0.2, 0.25) is 0 Å². The van der Waals surface area contributed by atoms with Gasteiger partial charge in [-0.25, -0.2) is 4.39 Å². The molecule has 1 heterocycles. The van der Waals surface area contributed by atoms with Crippen molar-refractivity contribution >= 4 is 23.2 Å². The Hall–Kier alpha value is -4.07. The number of hydrogen-bond donors (Lipinski definition) is 1. The zero-order valence-corrected chi connectivity index (χ0v) is 19.9. The SMILES string of the molecule is COc1ccc(NC(=O)C(C(=O)C(C)C)C(C(=O)c2ccc(F)cc2)c2cccnc2)c(OC)c1. The summed E-state index contributed by atoms with van der Waals surface area (Å²) in [6.45, 7) is 3.33. The van der Waals surface area contributed by atoms with E-state index in [4.69, 9.17) is 9.47 Å². The van der Waals surface area contributed by atoms with E-state index in [2.05, 4.69) is 10.3 Å². The molecule has 1 N–H and O–H groups in total. The number of nitrogens with zero attached hydrogens (tertiary/aromatic N) is 1. The minimum atomic E-state index is -1.37. The first-order chi connectivity index (χ1) is 16.8. The standard InChI is InChI=1S/C27H27FN2O5/c1-16(2)25(31)24(27(33)30-21-12-11-20(34-3)14-22(21)35-4)23(18-6-5-13-29-15-18)26(32)17-7-9-19(28)10-8-17/h5-16,23-24H,1-4H3,(H,30,33). The fourth-order valence-electron chi connectivity index (χ4n) is 3.77. The number of benzene rings is 2. The van der Waals surface area contributed by atoms with Crippen LogP contribution in [0.25, 0.3) is 0 Å². The lowest BCUT2D eigenvalue weighted by atomic mass is 9.76. The number of aromatic nitrogens is 1. The van der Waals surface area contributed by atoms with Gasteiger partial charge in [0, 0.05) is 29.9 Å². The van der Waals surface area contributed by atoms with Crippen LogP contribution < -0.4 is 14.8 Å². The molecule has 1 amide bonds. The minimum absolute atomic E-state index is 0.177. The Kier molecular flexibility index (Phi) is 8.30. The van der Waals surface area contributed by atoms with Crippen LogP contribution in [-0.2, 0) is 9.59 Å². The van der Waals surface area contributed by atoms with Crippen molar-refractivity contribution in [3.8, 4) is 11.5 Å². The number of rotatable bonds is 10. The van der Waals surface area contributed by atoms with Crippen LogP contribution in [0.3, 0.4) is 0 Å². The van der Waals surface area contributed by atoms with Gasteiger partial charge in [0.05, 0.1) is 25.8 Å². The Balaban J connectivity index is 2.09. The number of nitrogens with one attached hydrogen (secondary N) is 1. The smallest absolute Gasteiger partial charge is 0.236 e. The highest BCUT2D eigenvalue weighted by molar-refractivity contribution is 6.15. The van der Waals surface area contributed by atoms with E-state index >= 15 is 0 Å². The minimum Gasteiger partial charge on any atom is -0.497 e. The van der Waals surface area contributed by atoms with Gasteiger partial charge in [0.1, 0.15) is 29.0 Å². The number of pyridine rings is 1. The highest BCUT2D eigenvalue weighted by Crippen LogP contribution is 2.34. The molecule has 0 aliphatic rings. The zero-order valence-electron chi connectivity index (χ0n) is 19.9. The second-order valence-electron chi connectivity index (χ2n) is 8.23. The van der Waals surface area contributed by atoms with Gasteiger partial charge in [-0.15, -0.1) is 0 Å². The Labute approximate surface area is 203 Å². The molecule has 0 fully saturated rings. The van der Waals surface area contributed by atoms with Crippen LogP contribution in [-0.4, -0.2) is 36.7 Å². The molecule has 3 aromatic rings. The summed E-state index contributed by atoms with van der Waals surface area (Å²) >= 11 is 0. The van der Waals surface area contributed by atoms with E-state index < -0.39 is 41.0 Å². The van der Waals surface area contributed by atoms with Crippen molar-refractivity contribution in [1.82, 2.24) is 4.98 Å². The molecule has 1 aromatic heterocycles. The summed E-state index contributed by atoms with van der Waals surface area (Å²) < 4.78 is 24.1. The highest BCUT2D eigenvalue weighted by atomic mass is 19.1. The van der Waals surface area contributed by atoms with Crippen molar-refractivity contribution in [3.05, 3.63) is 83.9 Å². The predicted octanol–water partition coefficient (Wildman–Crippen LogP) is 4.68. The van der Waals surface area contributed by atoms with E-state index in [9.17, 15) is 18.8 Å². The Morgan fingerprint density at radius 2 is 1.69 bits per heavy atom. The van der Waals surface area contributed by atoms with E-state index in [1.807, 2.05) is 0 Å². The summed E-state index contributed by atoms with van der Waals surface area (Å²) in [5, 5.41) is 2.74. The lowest BCUT2D eigenvalue weighted by Crippen LogP contribution is -2.40. The van der Waals surface area contributed by atoms with Gasteiger partial charge in [0.25, 0.3) is 0 Å². The van der Waals surface area contributed by atoms with Gasteiger partial charge in [-0.3, -0.25) is 19.4 Å². The number of carbonyl (C=O) groups excluding carboxylic acids is 3. The lowest BCUT2D eigenvalue weighted by Gasteiger charge is -2.26. The zero-order chi connectivity index (χ0) is 25.5. The van der Waals surface area contributed by atoms with Gasteiger partial charge < -0.3 is 14.8 Å². The van der Waals surface area contributed by atoms with Crippen molar-refractivity contribution in [2.24, 2.45) is 11.8 Å². The molecule has 3 rings (SSSR count). The van der Waals surface area contributed by atoms with Gasteiger partial charge >= 0.3 is 0 Å². The number of hydrogen-bond acceptors (Lipinski definition) is 6. The summed E-state index contributed by atoms with van der Waals surface area (Å²) in [4.78, 5) is 44.8. The molecule has 0 radical (unpaired) electrons. The Morgan fingerprint density at radius 1 is 0.971 bits per heavy atom. The van der Waals surface area contributed by atoms with Crippen LogP contribution >= 0.6 is 0 Å². The average Bonchev–Trinajstić information content (AvgIpc) is 2.87. The number of amides is 1. The maximum absolute atomic E-state index is 13.7. The summed E-state index contributed by atoms with van der Waals surface area (Å²) in [5.74, 6) is -4.31. The van der Waals surface area contributed by atoms with Crippen LogP contribution in [0, 0.1) is 17.7 Å². The first-order valence-corrected chi connectivity index (χ1v) is 11.0. The molecule has 0 saturated heterocycles. The second-order valence-corrected chi connectivity index (χ2v) is 8.23. The molecule has 8 heteroatoms. The number of methoxy groups -OCH3 is 2. The van der Waals surface area contributed by atoms with Crippen LogP contribution in [0.1, 0.15) is 35.7 Å². The molecule has 2 unspecified atom stereocenters. The second kappa shape index (κ2) is 11.4.